The van der Waals surface area contributed by atoms with Crippen molar-refractivity contribution in [3.05, 3.63) is 48.0 Å². The smallest absolute Gasteiger partial charge is 0.0548 e. The summed E-state index contributed by atoms with van der Waals surface area (Å²) >= 11 is 0. The van der Waals surface area contributed by atoms with Gasteiger partial charge in [-0.2, -0.15) is 0 Å². The highest BCUT2D eigenvalue weighted by atomic mass is 16.3. The lowest BCUT2D eigenvalue weighted by Gasteiger charge is -2.31. The van der Waals surface area contributed by atoms with E-state index in [1.54, 1.807) is 0 Å². The third kappa shape index (κ3) is 2.15. The second kappa shape index (κ2) is 4.74. The maximum Gasteiger partial charge on any atom is 0.0548 e. The van der Waals surface area contributed by atoms with Crippen molar-refractivity contribution in [2.24, 2.45) is 5.92 Å². The first-order chi connectivity index (χ1) is 8.74. The van der Waals surface area contributed by atoms with Gasteiger partial charge >= 0.3 is 0 Å². The van der Waals surface area contributed by atoms with E-state index in [0.717, 1.165) is 12.8 Å². The molecule has 1 aliphatic rings. The van der Waals surface area contributed by atoms with Crippen LogP contribution < -0.4 is 0 Å². The predicted molar refractivity (Wildman–Crippen MR) is 75.7 cm³/mol. The monoisotopic (exact) mass is 240 g/mol. The van der Waals surface area contributed by atoms with Crippen LogP contribution >= 0.6 is 0 Å². The van der Waals surface area contributed by atoms with Gasteiger partial charge in [-0.05, 0) is 47.4 Å². The molecular formula is C17H20O. The minimum atomic E-state index is -0.127. The van der Waals surface area contributed by atoms with Gasteiger partial charge in [0.05, 0.1) is 6.10 Å². The van der Waals surface area contributed by atoms with Crippen LogP contribution in [0.25, 0.3) is 10.8 Å². The molecule has 1 aliphatic carbocycles. The first-order valence-electron chi connectivity index (χ1n) is 6.90. The van der Waals surface area contributed by atoms with Gasteiger partial charge in [0.15, 0.2) is 0 Å². The molecule has 3 atom stereocenters. The van der Waals surface area contributed by atoms with E-state index in [0.29, 0.717) is 11.8 Å². The van der Waals surface area contributed by atoms with Gasteiger partial charge in [0.2, 0.25) is 0 Å². The molecular weight excluding hydrogens is 220 g/mol. The van der Waals surface area contributed by atoms with E-state index in [9.17, 15) is 5.11 Å². The van der Waals surface area contributed by atoms with Gasteiger partial charge in [-0.3, -0.25) is 0 Å². The molecule has 3 rings (SSSR count). The Morgan fingerprint density at radius 1 is 0.944 bits per heavy atom. The zero-order valence-corrected chi connectivity index (χ0v) is 10.8. The zero-order valence-electron chi connectivity index (χ0n) is 10.8. The van der Waals surface area contributed by atoms with Gasteiger partial charge in [0.25, 0.3) is 0 Å². The van der Waals surface area contributed by atoms with Crippen molar-refractivity contribution in [3.63, 3.8) is 0 Å². The molecule has 0 amide bonds. The summed E-state index contributed by atoms with van der Waals surface area (Å²) in [4.78, 5) is 0. The fourth-order valence-corrected chi connectivity index (χ4v) is 3.43. The molecule has 1 saturated carbocycles. The van der Waals surface area contributed by atoms with E-state index in [1.165, 1.54) is 22.8 Å². The van der Waals surface area contributed by atoms with E-state index >= 15 is 0 Å². The van der Waals surface area contributed by atoms with Gasteiger partial charge in [0, 0.05) is 0 Å². The average molecular weight is 240 g/mol. The maximum absolute atomic E-state index is 9.98. The number of hydrogen-bond donors (Lipinski definition) is 1. The van der Waals surface area contributed by atoms with Gasteiger partial charge in [-0.25, -0.2) is 0 Å². The molecule has 18 heavy (non-hydrogen) atoms. The Morgan fingerprint density at radius 3 is 2.56 bits per heavy atom. The van der Waals surface area contributed by atoms with Crippen LogP contribution in [0.1, 0.15) is 37.7 Å². The second-order valence-electron chi connectivity index (χ2n) is 5.73. The maximum atomic E-state index is 9.98. The number of aliphatic hydroxyl groups excluding tert-OH is 1. The highest BCUT2D eigenvalue weighted by Gasteiger charge is 2.26. The lowest BCUT2D eigenvalue weighted by Crippen LogP contribution is -2.23. The Labute approximate surface area is 108 Å². The first kappa shape index (κ1) is 11.7. The fourth-order valence-electron chi connectivity index (χ4n) is 3.43. The Bertz CT molecular complexity index is 531. The lowest BCUT2D eigenvalue weighted by molar-refractivity contribution is 0.0948. The third-order valence-electron chi connectivity index (χ3n) is 4.18. The molecule has 0 radical (unpaired) electrons. The van der Waals surface area contributed by atoms with Gasteiger partial charge < -0.3 is 5.11 Å². The van der Waals surface area contributed by atoms with Crippen molar-refractivity contribution in [2.75, 3.05) is 0 Å². The van der Waals surface area contributed by atoms with Crippen LogP contribution in [0.2, 0.25) is 0 Å². The highest BCUT2D eigenvalue weighted by Crippen LogP contribution is 2.38. The van der Waals surface area contributed by atoms with Crippen molar-refractivity contribution >= 4 is 10.8 Å². The van der Waals surface area contributed by atoms with Gasteiger partial charge in [0.1, 0.15) is 0 Å². The minimum absolute atomic E-state index is 0.127. The summed E-state index contributed by atoms with van der Waals surface area (Å²) in [7, 11) is 0. The molecule has 94 valence electrons. The van der Waals surface area contributed by atoms with Crippen LogP contribution in [-0.4, -0.2) is 11.2 Å². The molecule has 3 unspecified atom stereocenters. The standard InChI is InChI=1S/C17H20O/c1-12-9-14(11-15(18)10-12)17-8-4-6-13-5-2-3-7-16(13)17/h2-8,12,14-15,18H,9-11H2,1H3. The molecule has 2 aromatic rings. The second-order valence-corrected chi connectivity index (χ2v) is 5.73. The van der Waals surface area contributed by atoms with E-state index in [4.69, 9.17) is 0 Å². The Hall–Kier alpha value is -1.34. The van der Waals surface area contributed by atoms with Crippen molar-refractivity contribution in [1.82, 2.24) is 0 Å². The van der Waals surface area contributed by atoms with E-state index in [2.05, 4.69) is 49.4 Å². The van der Waals surface area contributed by atoms with Gasteiger partial charge in [-0.1, -0.05) is 49.4 Å². The molecule has 0 bridgehead atoms. The van der Waals surface area contributed by atoms with Crippen LogP contribution in [0.15, 0.2) is 42.5 Å². The number of benzene rings is 2. The third-order valence-corrected chi connectivity index (χ3v) is 4.18. The normalized spacial score (nSPS) is 28.4. The Morgan fingerprint density at radius 2 is 1.72 bits per heavy atom. The van der Waals surface area contributed by atoms with Crippen molar-refractivity contribution in [2.45, 2.75) is 38.2 Å². The molecule has 0 saturated heterocycles. The summed E-state index contributed by atoms with van der Waals surface area (Å²) in [6.45, 7) is 2.25. The molecule has 0 aliphatic heterocycles. The first-order valence-corrected chi connectivity index (χ1v) is 6.90. The molecule has 0 spiro atoms. The molecule has 0 heterocycles. The predicted octanol–water partition coefficient (Wildman–Crippen LogP) is 4.10. The van der Waals surface area contributed by atoms with E-state index in [1.807, 2.05) is 0 Å². The van der Waals surface area contributed by atoms with Gasteiger partial charge in [-0.15, -0.1) is 0 Å². The summed E-state index contributed by atoms with van der Waals surface area (Å²) in [5.41, 5.74) is 1.42. The van der Waals surface area contributed by atoms with Crippen LogP contribution in [0.4, 0.5) is 0 Å². The summed E-state index contributed by atoms with van der Waals surface area (Å²) in [6.07, 6.45) is 2.95. The number of rotatable bonds is 1. The van der Waals surface area contributed by atoms with Crippen LogP contribution in [0.3, 0.4) is 0 Å². The average Bonchev–Trinajstić information content (AvgIpc) is 2.37. The number of hydrogen-bond acceptors (Lipinski definition) is 1. The summed E-state index contributed by atoms with van der Waals surface area (Å²) < 4.78 is 0. The molecule has 1 fully saturated rings. The number of aliphatic hydroxyl groups is 1. The van der Waals surface area contributed by atoms with Crippen molar-refractivity contribution in [1.29, 1.82) is 0 Å². The lowest BCUT2D eigenvalue weighted by atomic mass is 9.76. The van der Waals surface area contributed by atoms with Crippen LogP contribution in [-0.2, 0) is 0 Å². The summed E-state index contributed by atoms with van der Waals surface area (Å²) in [5, 5.41) is 12.6. The van der Waals surface area contributed by atoms with Crippen LogP contribution in [0.5, 0.6) is 0 Å². The van der Waals surface area contributed by atoms with E-state index in [-0.39, 0.29) is 6.10 Å². The Balaban J connectivity index is 2.03. The SMILES string of the molecule is CC1CC(O)CC(c2cccc3ccccc23)C1. The quantitative estimate of drug-likeness (QED) is 0.795. The Kier molecular flexibility index (Phi) is 3.09. The van der Waals surface area contributed by atoms with Crippen LogP contribution in [0, 0.1) is 5.92 Å². The number of fused-ring (bicyclic) bond motifs is 1. The molecule has 0 aromatic heterocycles. The molecule has 1 nitrogen and oxygen atoms in total. The zero-order chi connectivity index (χ0) is 12.5. The minimum Gasteiger partial charge on any atom is -0.393 e. The summed E-state index contributed by atoms with van der Waals surface area (Å²) in [6, 6.07) is 15.1. The molecule has 1 N–H and O–H groups in total. The van der Waals surface area contributed by atoms with Crippen molar-refractivity contribution < 1.29 is 5.11 Å². The largest absolute Gasteiger partial charge is 0.393 e. The topological polar surface area (TPSA) is 20.2 Å². The highest BCUT2D eigenvalue weighted by molar-refractivity contribution is 5.86. The van der Waals surface area contributed by atoms with Crippen molar-refractivity contribution in [3.8, 4) is 0 Å². The summed E-state index contributed by atoms with van der Waals surface area (Å²) in [5.74, 6) is 1.13. The molecule has 2 aromatic carbocycles. The van der Waals surface area contributed by atoms with E-state index < -0.39 is 0 Å². The fraction of sp³-hybridized carbons (Fsp3) is 0.412. The molecule has 1 heteroatoms.